The van der Waals surface area contributed by atoms with Crippen LogP contribution in [-0.4, -0.2) is 70.1 Å². The topological polar surface area (TPSA) is 111 Å². The first kappa shape index (κ1) is 44.6. The summed E-state index contributed by atoms with van der Waals surface area (Å²) in [5, 5.41) is 5.56. The van der Waals surface area contributed by atoms with Gasteiger partial charge in [-0.25, -0.2) is 9.59 Å². The molecule has 0 fully saturated rings. The van der Waals surface area contributed by atoms with Gasteiger partial charge in [-0.2, -0.15) is 23.5 Å². The Morgan fingerprint density at radius 3 is 1.11 bits per heavy atom. The number of carbonyl (C=O) groups excluding carboxylic acids is 4. The van der Waals surface area contributed by atoms with Crippen molar-refractivity contribution in [1.82, 2.24) is 10.6 Å². The summed E-state index contributed by atoms with van der Waals surface area (Å²) < 4.78 is 10.7. The second-order valence-electron chi connectivity index (χ2n) is 15.1. The normalized spacial score (nSPS) is 13.4. The molecule has 2 N–H and O–H groups in total. The zero-order chi connectivity index (χ0) is 35.2. The number of nitrogens with one attached hydrogen (secondary N) is 2. The maximum atomic E-state index is 12.7. The lowest BCUT2D eigenvalue weighted by molar-refractivity contribution is -0.121. The summed E-state index contributed by atoms with van der Waals surface area (Å²) >= 11 is 3.65. The summed E-state index contributed by atoms with van der Waals surface area (Å²) in [7, 11) is 0. The van der Waals surface area contributed by atoms with Crippen LogP contribution in [0.4, 0.5) is 9.59 Å². The van der Waals surface area contributed by atoms with E-state index in [0.29, 0.717) is 37.5 Å². The van der Waals surface area contributed by atoms with Crippen molar-refractivity contribution in [3.05, 3.63) is 0 Å². The van der Waals surface area contributed by atoms with Gasteiger partial charge in [-0.3, -0.25) is 9.59 Å². The van der Waals surface area contributed by atoms with Crippen LogP contribution in [0.25, 0.3) is 0 Å². The summed E-state index contributed by atoms with van der Waals surface area (Å²) in [6.45, 7) is 19.1. The highest BCUT2D eigenvalue weighted by molar-refractivity contribution is 7.99. The number of ketones is 2. The highest BCUT2D eigenvalue weighted by atomic mass is 32.2. The summed E-state index contributed by atoms with van der Waals surface area (Å²) in [4.78, 5) is 49.8. The third kappa shape index (κ3) is 27.7. The molecule has 0 aliphatic carbocycles. The van der Waals surface area contributed by atoms with E-state index < -0.39 is 35.5 Å². The molecular weight excluding hydrogens is 621 g/mol. The fourth-order valence-electron chi connectivity index (χ4n) is 4.75. The predicted octanol–water partition coefficient (Wildman–Crippen LogP) is 9.37. The first-order chi connectivity index (χ1) is 21.4. The van der Waals surface area contributed by atoms with Crippen molar-refractivity contribution >= 4 is 47.3 Å². The van der Waals surface area contributed by atoms with E-state index in [1.54, 1.807) is 0 Å². The highest BCUT2D eigenvalue weighted by Gasteiger charge is 2.26. The lowest BCUT2D eigenvalue weighted by atomic mass is 9.99. The summed E-state index contributed by atoms with van der Waals surface area (Å²) in [5.41, 5.74) is -1.17. The van der Waals surface area contributed by atoms with Crippen LogP contribution in [0, 0.1) is 11.8 Å². The number of hydrogen-bond acceptors (Lipinski definition) is 8. The second-order valence-corrected chi connectivity index (χ2v) is 17.6. The number of amides is 2. The van der Waals surface area contributed by atoms with Gasteiger partial charge in [-0.1, -0.05) is 66.2 Å². The van der Waals surface area contributed by atoms with Crippen LogP contribution < -0.4 is 10.6 Å². The predicted molar refractivity (Wildman–Crippen MR) is 196 cm³/mol. The zero-order valence-electron chi connectivity index (χ0n) is 30.9. The standard InChI is InChI=1S/C36H68N2O6S2/c1-27(2)25-29(37-33(41)43-35(5,6)7)31(39)19-23-45-21-17-15-13-11-12-14-16-18-22-46-24-20-32(40)30(26-28(3)4)38-34(42)44-36(8,9)10/h27-30H,11-26H2,1-10H3,(H,37,41)(H,38,42). The number of Topliss-reactive ketones (excluding diaryl/α,β-unsaturated/α-hetero) is 2. The molecule has 2 atom stereocenters. The third-order valence-electron chi connectivity index (χ3n) is 6.89. The van der Waals surface area contributed by atoms with Crippen LogP contribution in [-0.2, 0) is 19.1 Å². The lowest BCUT2D eigenvalue weighted by Gasteiger charge is -2.24. The number of alkyl carbamates (subject to hydrolysis) is 2. The van der Waals surface area contributed by atoms with Crippen molar-refractivity contribution < 1.29 is 28.7 Å². The van der Waals surface area contributed by atoms with Crippen molar-refractivity contribution in [3.8, 4) is 0 Å². The molecule has 0 saturated heterocycles. The SMILES string of the molecule is CC(C)CC(NC(=O)OC(C)(C)C)C(=O)CCSCCCCCCCCCCSCCC(=O)C(CC(C)C)NC(=O)OC(C)(C)C. The van der Waals surface area contributed by atoms with Gasteiger partial charge in [0.05, 0.1) is 12.1 Å². The van der Waals surface area contributed by atoms with Gasteiger partial charge in [0, 0.05) is 24.3 Å². The van der Waals surface area contributed by atoms with Crippen LogP contribution in [0.2, 0.25) is 0 Å². The van der Waals surface area contributed by atoms with Gasteiger partial charge in [-0.05, 0) is 90.6 Å². The van der Waals surface area contributed by atoms with E-state index in [2.05, 4.69) is 38.3 Å². The average molecular weight is 689 g/mol. The average Bonchev–Trinajstić information content (AvgIpc) is 2.89. The molecule has 10 heteroatoms. The Morgan fingerprint density at radius 1 is 0.522 bits per heavy atom. The Labute approximate surface area is 290 Å². The van der Waals surface area contributed by atoms with E-state index in [1.165, 1.54) is 51.4 Å². The summed E-state index contributed by atoms with van der Waals surface area (Å²) in [5.74, 6) is 4.50. The minimum atomic E-state index is -0.585. The number of hydrogen-bond donors (Lipinski definition) is 2. The molecule has 0 aliphatic heterocycles. The zero-order valence-corrected chi connectivity index (χ0v) is 32.5. The third-order valence-corrected chi connectivity index (χ3v) is 9.03. The van der Waals surface area contributed by atoms with Crippen molar-refractivity contribution in [1.29, 1.82) is 0 Å². The molecule has 0 heterocycles. The quantitative estimate of drug-likeness (QED) is 0.0913. The van der Waals surface area contributed by atoms with E-state index >= 15 is 0 Å². The van der Waals surface area contributed by atoms with Crippen molar-refractivity contribution in [2.45, 2.75) is 170 Å². The number of carbonyl (C=O) groups is 4. The van der Waals surface area contributed by atoms with Gasteiger partial charge in [0.25, 0.3) is 0 Å². The molecule has 0 aromatic rings. The van der Waals surface area contributed by atoms with Gasteiger partial charge in [0.1, 0.15) is 11.2 Å². The number of thioether (sulfide) groups is 2. The van der Waals surface area contributed by atoms with E-state index in [1.807, 2.05) is 65.1 Å². The van der Waals surface area contributed by atoms with E-state index in [-0.39, 0.29) is 11.6 Å². The van der Waals surface area contributed by atoms with E-state index in [9.17, 15) is 19.2 Å². The molecule has 0 radical (unpaired) electrons. The summed E-state index contributed by atoms with van der Waals surface area (Å²) in [6, 6.07) is -0.972. The lowest BCUT2D eigenvalue weighted by Crippen LogP contribution is -2.44. The molecule has 2 amide bonds. The van der Waals surface area contributed by atoms with Gasteiger partial charge >= 0.3 is 12.2 Å². The first-order valence-electron chi connectivity index (χ1n) is 17.6. The minimum Gasteiger partial charge on any atom is -0.444 e. The van der Waals surface area contributed by atoms with Crippen molar-refractivity contribution in [2.24, 2.45) is 11.8 Å². The molecular formula is C36H68N2O6S2. The maximum Gasteiger partial charge on any atom is 0.408 e. The number of unbranched alkanes of at least 4 members (excludes halogenated alkanes) is 7. The molecule has 8 nitrogen and oxygen atoms in total. The van der Waals surface area contributed by atoms with Gasteiger partial charge in [0.15, 0.2) is 11.6 Å². The van der Waals surface area contributed by atoms with Crippen LogP contribution in [0.1, 0.15) is 146 Å². The molecule has 0 bridgehead atoms. The van der Waals surface area contributed by atoms with Crippen LogP contribution in [0.15, 0.2) is 0 Å². The second kappa shape index (κ2) is 24.7. The largest absolute Gasteiger partial charge is 0.444 e. The Bertz CT molecular complexity index is 798. The minimum absolute atomic E-state index is 0.0850. The molecule has 0 aromatic heterocycles. The van der Waals surface area contributed by atoms with E-state index in [0.717, 1.165) is 23.0 Å². The maximum absolute atomic E-state index is 12.7. The van der Waals surface area contributed by atoms with Crippen molar-refractivity contribution in [3.63, 3.8) is 0 Å². The van der Waals surface area contributed by atoms with Crippen LogP contribution >= 0.6 is 23.5 Å². The van der Waals surface area contributed by atoms with Gasteiger partial charge in [-0.15, -0.1) is 0 Å². The molecule has 2 unspecified atom stereocenters. The summed E-state index contributed by atoms with van der Waals surface area (Å²) in [6.07, 6.45) is 11.0. The monoisotopic (exact) mass is 688 g/mol. The molecule has 270 valence electrons. The Hall–Kier alpha value is -1.42. The molecule has 0 aliphatic rings. The van der Waals surface area contributed by atoms with Gasteiger partial charge < -0.3 is 20.1 Å². The smallest absolute Gasteiger partial charge is 0.408 e. The molecule has 0 aromatic carbocycles. The highest BCUT2D eigenvalue weighted by Crippen LogP contribution is 2.17. The Balaban J connectivity index is 3.90. The van der Waals surface area contributed by atoms with Crippen molar-refractivity contribution in [2.75, 3.05) is 23.0 Å². The molecule has 0 saturated carbocycles. The molecule has 46 heavy (non-hydrogen) atoms. The van der Waals surface area contributed by atoms with Gasteiger partial charge in [0.2, 0.25) is 0 Å². The number of rotatable bonds is 25. The van der Waals surface area contributed by atoms with E-state index in [4.69, 9.17) is 9.47 Å². The molecule has 0 spiro atoms. The van der Waals surface area contributed by atoms with Crippen LogP contribution in [0.3, 0.4) is 0 Å². The Kier molecular flexibility index (Phi) is 23.9. The van der Waals surface area contributed by atoms with Crippen LogP contribution in [0.5, 0.6) is 0 Å². The first-order valence-corrected chi connectivity index (χ1v) is 19.9. The molecule has 0 rings (SSSR count). The Morgan fingerprint density at radius 2 is 0.826 bits per heavy atom. The fourth-order valence-corrected chi connectivity index (χ4v) is 6.67. The number of ether oxygens (including phenoxy) is 2. The fraction of sp³-hybridized carbons (Fsp3) is 0.889.